The summed E-state index contributed by atoms with van der Waals surface area (Å²) in [6.07, 6.45) is 1.68. The summed E-state index contributed by atoms with van der Waals surface area (Å²) in [4.78, 5) is 11.1. The molecule has 0 aromatic heterocycles. The van der Waals surface area contributed by atoms with Crippen molar-refractivity contribution in [3.63, 3.8) is 0 Å². The minimum Gasteiger partial charge on any atom is -0.462 e. The number of carbonyl (C=O) groups excluding carboxylic acids is 1. The van der Waals surface area contributed by atoms with E-state index in [0.717, 1.165) is 6.42 Å². The average Bonchev–Trinajstić information content (AvgIpc) is 2.57. The van der Waals surface area contributed by atoms with Crippen LogP contribution in [0.15, 0.2) is 0 Å². The Morgan fingerprint density at radius 2 is 2.33 bits per heavy atom. The van der Waals surface area contributed by atoms with Gasteiger partial charge in [-0.05, 0) is 25.7 Å². The van der Waals surface area contributed by atoms with E-state index in [0.29, 0.717) is 19.3 Å². The number of carbonyl (C=O) groups is 1. The molecule has 0 spiro atoms. The van der Waals surface area contributed by atoms with E-state index in [-0.39, 0.29) is 36.1 Å². The van der Waals surface area contributed by atoms with Gasteiger partial charge in [-0.2, -0.15) is 0 Å². The van der Waals surface area contributed by atoms with Crippen LogP contribution in [0, 0.1) is 11.8 Å². The minimum absolute atomic E-state index is 0.0773. The summed E-state index contributed by atoms with van der Waals surface area (Å²) < 4.78 is 5.13. The molecule has 1 aliphatic carbocycles. The van der Waals surface area contributed by atoms with Crippen molar-refractivity contribution in [1.29, 1.82) is 0 Å². The van der Waals surface area contributed by atoms with Crippen LogP contribution in [-0.2, 0) is 9.53 Å². The molecule has 15 heavy (non-hydrogen) atoms. The average molecular weight is 214 g/mol. The van der Waals surface area contributed by atoms with Gasteiger partial charge in [-0.25, -0.2) is 0 Å². The molecule has 2 fully saturated rings. The van der Waals surface area contributed by atoms with Gasteiger partial charge in [-0.1, -0.05) is 0 Å². The molecule has 1 saturated heterocycles. The Kier molecular flexibility index (Phi) is 2.98. The number of ether oxygens (including phenoxy) is 1. The summed E-state index contributed by atoms with van der Waals surface area (Å²) in [5, 5.41) is 19.0. The number of aliphatic hydroxyl groups is 2. The third kappa shape index (κ3) is 2.16. The van der Waals surface area contributed by atoms with Crippen molar-refractivity contribution < 1.29 is 19.7 Å². The molecule has 86 valence electrons. The van der Waals surface area contributed by atoms with Crippen LogP contribution >= 0.6 is 0 Å². The molecule has 0 aromatic rings. The van der Waals surface area contributed by atoms with Crippen LogP contribution in [0.1, 0.15) is 32.6 Å². The predicted octanol–water partition coefficient (Wildman–Crippen LogP) is 0.460. The van der Waals surface area contributed by atoms with Gasteiger partial charge >= 0.3 is 5.97 Å². The highest BCUT2D eigenvalue weighted by atomic mass is 16.6. The van der Waals surface area contributed by atoms with E-state index in [9.17, 15) is 15.0 Å². The molecular weight excluding hydrogens is 196 g/mol. The Bertz CT molecular complexity index is 251. The van der Waals surface area contributed by atoms with Crippen LogP contribution in [0.3, 0.4) is 0 Å². The first-order chi connectivity index (χ1) is 7.08. The number of hydrogen-bond acceptors (Lipinski definition) is 4. The molecule has 0 amide bonds. The van der Waals surface area contributed by atoms with Crippen LogP contribution in [-0.4, -0.2) is 34.5 Å². The molecule has 1 saturated carbocycles. The number of hydrogen-bond donors (Lipinski definition) is 2. The lowest BCUT2D eigenvalue weighted by molar-refractivity contribution is -0.141. The highest BCUT2D eigenvalue weighted by Crippen LogP contribution is 2.43. The Labute approximate surface area is 89.2 Å². The summed E-state index contributed by atoms with van der Waals surface area (Å²) in [6.45, 7) is 1.75. The maximum absolute atomic E-state index is 11.1. The smallest absolute Gasteiger partial charge is 0.306 e. The Morgan fingerprint density at radius 1 is 1.60 bits per heavy atom. The van der Waals surface area contributed by atoms with Crippen LogP contribution in [0.5, 0.6) is 0 Å². The van der Waals surface area contributed by atoms with Gasteiger partial charge in [0, 0.05) is 12.3 Å². The molecule has 4 heteroatoms. The summed E-state index contributed by atoms with van der Waals surface area (Å²) in [5.41, 5.74) is 0. The van der Waals surface area contributed by atoms with Gasteiger partial charge in [0.25, 0.3) is 0 Å². The minimum atomic E-state index is -0.369. The van der Waals surface area contributed by atoms with Crippen LogP contribution in [0.4, 0.5) is 0 Å². The van der Waals surface area contributed by atoms with Gasteiger partial charge in [0.05, 0.1) is 18.6 Å². The first-order valence-corrected chi connectivity index (χ1v) is 5.63. The van der Waals surface area contributed by atoms with Crippen molar-refractivity contribution >= 4 is 5.97 Å². The van der Waals surface area contributed by atoms with Crippen LogP contribution in [0.2, 0.25) is 0 Å². The molecule has 2 aliphatic rings. The zero-order chi connectivity index (χ0) is 11.0. The third-order valence-electron chi connectivity index (χ3n) is 3.60. The van der Waals surface area contributed by atoms with Crippen molar-refractivity contribution in [2.45, 2.75) is 50.9 Å². The number of fused-ring (bicyclic) bond motifs is 1. The second-order valence-electron chi connectivity index (χ2n) is 4.79. The molecule has 0 bridgehead atoms. The molecule has 1 aliphatic heterocycles. The van der Waals surface area contributed by atoms with Crippen molar-refractivity contribution in [1.82, 2.24) is 0 Å². The maximum Gasteiger partial charge on any atom is 0.306 e. The molecule has 5 atom stereocenters. The van der Waals surface area contributed by atoms with Gasteiger partial charge in [0.15, 0.2) is 0 Å². The number of aliphatic hydroxyl groups excluding tert-OH is 2. The highest BCUT2D eigenvalue weighted by Gasteiger charge is 2.49. The quantitative estimate of drug-likeness (QED) is 0.670. The lowest BCUT2D eigenvalue weighted by atomic mass is 9.87. The molecule has 2 rings (SSSR count). The standard InChI is InChI=1S/C11H18O4/c1-6(12)2-3-7-8-4-11(14)15-10(8)5-9(7)13/h6-10,12-13H,2-5H2,1H3/t6?,7-,8-,9-,10+/m1/s1. The Balaban J connectivity index is 1.94. The van der Waals surface area contributed by atoms with E-state index in [4.69, 9.17) is 4.74 Å². The lowest BCUT2D eigenvalue weighted by Gasteiger charge is -2.19. The molecule has 1 heterocycles. The summed E-state index contributed by atoms with van der Waals surface area (Å²) >= 11 is 0. The molecule has 0 aromatic carbocycles. The molecular formula is C11H18O4. The lowest BCUT2D eigenvalue weighted by Crippen LogP contribution is -2.21. The normalized spacial score (nSPS) is 41.4. The third-order valence-corrected chi connectivity index (χ3v) is 3.60. The summed E-state index contributed by atoms with van der Waals surface area (Å²) in [5.74, 6) is 0.154. The van der Waals surface area contributed by atoms with Gasteiger partial charge in [-0.15, -0.1) is 0 Å². The van der Waals surface area contributed by atoms with Crippen molar-refractivity contribution in [3.05, 3.63) is 0 Å². The Morgan fingerprint density at radius 3 is 3.00 bits per heavy atom. The number of rotatable bonds is 3. The largest absolute Gasteiger partial charge is 0.462 e. The molecule has 1 unspecified atom stereocenters. The molecule has 2 N–H and O–H groups in total. The summed E-state index contributed by atoms with van der Waals surface area (Å²) in [6, 6.07) is 0. The van der Waals surface area contributed by atoms with Gasteiger partial charge in [-0.3, -0.25) is 4.79 Å². The van der Waals surface area contributed by atoms with E-state index < -0.39 is 0 Å². The predicted molar refractivity (Wildman–Crippen MR) is 53.0 cm³/mol. The second-order valence-corrected chi connectivity index (χ2v) is 4.79. The van der Waals surface area contributed by atoms with Gasteiger partial charge < -0.3 is 14.9 Å². The molecule has 4 nitrogen and oxygen atoms in total. The highest BCUT2D eigenvalue weighted by molar-refractivity contribution is 5.72. The summed E-state index contributed by atoms with van der Waals surface area (Å²) in [7, 11) is 0. The van der Waals surface area contributed by atoms with E-state index in [1.54, 1.807) is 6.92 Å². The first kappa shape index (κ1) is 10.9. The fraction of sp³-hybridized carbons (Fsp3) is 0.909. The maximum atomic E-state index is 11.1. The molecule has 0 radical (unpaired) electrons. The van der Waals surface area contributed by atoms with E-state index in [1.165, 1.54) is 0 Å². The van der Waals surface area contributed by atoms with E-state index in [1.807, 2.05) is 0 Å². The second kappa shape index (κ2) is 4.10. The van der Waals surface area contributed by atoms with E-state index in [2.05, 4.69) is 0 Å². The number of esters is 1. The van der Waals surface area contributed by atoms with Crippen molar-refractivity contribution in [2.75, 3.05) is 0 Å². The SMILES string of the molecule is CC(O)CC[C@@H]1[C@H]2CC(=O)O[C@H]2C[C@H]1O. The topological polar surface area (TPSA) is 66.8 Å². The van der Waals surface area contributed by atoms with E-state index >= 15 is 0 Å². The van der Waals surface area contributed by atoms with Crippen molar-refractivity contribution in [2.24, 2.45) is 11.8 Å². The zero-order valence-corrected chi connectivity index (χ0v) is 8.93. The zero-order valence-electron chi connectivity index (χ0n) is 8.93. The monoisotopic (exact) mass is 214 g/mol. The van der Waals surface area contributed by atoms with Gasteiger partial charge in [0.1, 0.15) is 6.10 Å². The Hall–Kier alpha value is -0.610. The van der Waals surface area contributed by atoms with Crippen molar-refractivity contribution in [3.8, 4) is 0 Å². The van der Waals surface area contributed by atoms with Gasteiger partial charge in [0.2, 0.25) is 0 Å². The fourth-order valence-electron chi connectivity index (χ4n) is 2.82. The van der Waals surface area contributed by atoms with Crippen LogP contribution < -0.4 is 0 Å². The fourth-order valence-corrected chi connectivity index (χ4v) is 2.82. The first-order valence-electron chi connectivity index (χ1n) is 5.63. The van der Waals surface area contributed by atoms with Crippen LogP contribution in [0.25, 0.3) is 0 Å².